The molecule has 1 heterocycles. The van der Waals surface area contributed by atoms with E-state index in [1.54, 1.807) is 6.07 Å². The molecule has 0 atom stereocenters. The Morgan fingerprint density at radius 3 is 2.87 bits per heavy atom. The first-order chi connectivity index (χ1) is 7.33. The molecule has 0 spiro atoms. The van der Waals surface area contributed by atoms with Crippen LogP contribution < -0.4 is 5.43 Å². The fraction of sp³-hybridized carbons (Fsp3) is 0.154. The van der Waals surface area contributed by atoms with Gasteiger partial charge in [0.1, 0.15) is 0 Å². The summed E-state index contributed by atoms with van der Waals surface area (Å²) in [5, 5.41) is 0.782. The zero-order chi connectivity index (χ0) is 10.7. The molecule has 2 aromatic rings. The Labute approximate surface area is 88.5 Å². The Balaban J connectivity index is 2.66. The molecule has 0 amide bonds. The molecule has 1 aromatic carbocycles. The summed E-state index contributed by atoms with van der Waals surface area (Å²) >= 11 is 0. The van der Waals surface area contributed by atoms with E-state index in [0.29, 0.717) is 0 Å². The van der Waals surface area contributed by atoms with Gasteiger partial charge in [0, 0.05) is 24.2 Å². The normalized spacial score (nSPS) is 11.3. The minimum absolute atomic E-state index is 0.0855. The molecule has 0 aliphatic heterocycles. The van der Waals surface area contributed by atoms with Gasteiger partial charge in [-0.1, -0.05) is 24.3 Å². The lowest BCUT2D eigenvalue weighted by Gasteiger charge is -2.07. The molecule has 0 aliphatic carbocycles. The molecule has 0 aliphatic rings. The molecule has 15 heavy (non-hydrogen) atoms. The van der Waals surface area contributed by atoms with Crippen LogP contribution in [0.5, 0.6) is 0 Å². The molecular weight excluding hydrogens is 186 g/mol. The van der Waals surface area contributed by atoms with Gasteiger partial charge in [-0.15, -0.1) is 0 Å². The van der Waals surface area contributed by atoms with Gasteiger partial charge >= 0.3 is 0 Å². The van der Waals surface area contributed by atoms with Crippen LogP contribution in [-0.2, 0) is 6.54 Å². The van der Waals surface area contributed by atoms with Crippen LogP contribution in [0.3, 0.4) is 0 Å². The smallest absolute Gasteiger partial charge is 0.189 e. The molecule has 0 bridgehead atoms. The van der Waals surface area contributed by atoms with Crippen molar-refractivity contribution in [2.75, 3.05) is 0 Å². The Morgan fingerprint density at radius 2 is 2.07 bits per heavy atom. The van der Waals surface area contributed by atoms with Crippen LogP contribution in [0.4, 0.5) is 0 Å². The third-order valence-electron chi connectivity index (χ3n) is 2.42. The molecule has 0 N–H and O–H groups in total. The molecule has 2 nitrogen and oxygen atoms in total. The molecule has 0 saturated carbocycles. The summed E-state index contributed by atoms with van der Waals surface area (Å²) in [7, 11) is 0. The number of hydrogen-bond acceptors (Lipinski definition) is 1. The van der Waals surface area contributed by atoms with Crippen molar-refractivity contribution >= 4 is 10.9 Å². The van der Waals surface area contributed by atoms with Gasteiger partial charge in [-0.05, 0) is 19.1 Å². The highest BCUT2D eigenvalue weighted by Gasteiger charge is 1.99. The summed E-state index contributed by atoms with van der Waals surface area (Å²) in [6, 6.07) is 9.30. The van der Waals surface area contributed by atoms with Crippen molar-refractivity contribution in [1.82, 2.24) is 4.57 Å². The first-order valence-corrected chi connectivity index (χ1v) is 5.02. The number of aromatic nitrogens is 1. The number of pyridine rings is 1. The Hall–Kier alpha value is -1.83. The van der Waals surface area contributed by atoms with E-state index < -0.39 is 0 Å². The number of para-hydroxylation sites is 1. The number of benzene rings is 1. The topological polar surface area (TPSA) is 22.0 Å². The molecular formula is C13H13NO. The molecule has 0 unspecified atom stereocenters. The second-order valence-corrected chi connectivity index (χ2v) is 3.42. The van der Waals surface area contributed by atoms with Crippen molar-refractivity contribution in [3.8, 4) is 0 Å². The van der Waals surface area contributed by atoms with Crippen molar-refractivity contribution in [3.63, 3.8) is 0 Å². The summed E-state index contributed by atoms with van der Waals surface area (Å²) in [5.74, 6) is 0. The van der Waals surface area contributed by atoms with Crippen LogP contribution in [0.25, 0.3) is 10.9 Å². The van der Waals surface area contributed by atoms with Crippen LogP contribution in [0, 0.1) is 0 Å². The van der Waals surface area contributed by atoms with Gasteiger partial charge in [0.2, 0.25) is 0 Å². The Morgan fingerprint density at radius 1 is 1.27 bits per heavy atom. The van der Waals surface area contributed by atoms with Gasteiger partial charge in [-0.3, -0.25) is 4.79 Å². The largest absolute Gasteiger partial charge is 0.343 e. The second kappa shape index (κ2) is 4.13. The van der Waals surface area contributed by atoms with Crippen molar-refractivity contribution < 1.29 is 0 Å². The van der Waals surface area contributed by atoms with E-state index >= 15 is 0 Å². The van der Waals surface area contributed by atoms with Gasteiger partial charge in [0.15, 0.2) is 5.43 Å². The van der Waals surface area contributed by atoms with E-state index in [4.69, 9.17) is 0 Å². The van der Waals surface area contributed by atoms with Crippen LogP contribution >= 0.6 is 0 Å². The maximum Gasteiger partial charge on any atom is 0.189 e. The fourth-order valence-corrected chi connectivity index (χ4v) is 1.64. The maximum absolute atomic E-state index is 11.6. The molecule has 0 radical (unpaired) electrons. The summed E-state index contributed by atoms with van der Waals surface area (Å²) < 4.78 is 2.07. The molecule has 76 valence electrons. The lowest BCUT2D eigenvalue weighted by atomic mass is 10.2. The third kappa shape index (κ3) is 1.84. The summed E-state index contributed by atoms with van der Waals surface area (Å²) in [4.78, 5) is 11.6. The van der Waals surface area contributed by atoms with Crippen molar-refractivity contribution in [1.29, 1.82) is 0 Å². The molecule has 2 heteroatoms. The van der Waals surface area contributed by atoms with Crippen LogP contribution in [0.15, 0.2) is 53.5 Å². The van der Waals surface area contributed by atoms with Crippen LogP contribution in [0.1, 0.15) is 6.92 Å². The lowest BCUT2D eigenvalue weighted by molar-refractivity contribution is 0.850. The SMILES string of the molecule is CC=CCn1ccc(=O)c2ccccc21. The van der Waals surface area contributed by atoms with E-state index in [-0.39, 0.29) is 5.43 Å². The third-order valence-corrected chi connectivity index (χ3v) is 2.42. The van der Waals surface area contributed by atoms with Gasteiger partial charge in [-0.25, -0.2) is 0 Å². The minimum Gasteiger partial charge on any atom is -0.343 e. The summed E-state index contributed by atoms with van der Waals surface area (Å²) in [6.07, 6.45) is 5.91. The Kier molecular flexibility index (Phi) is 2.68. The van der Waals surface area contributed by atoms with Gasteiger partial charge in [0.05, 0.1) is 5.52 Å². The summed E-state index contributed by atoms with van der Waals surface area (Å²) in [5.41, 5.74) is 1.07. The van der Waals surface area contributed by atoms with Gasteiger partial charge < -0.3 is 4.57 Å². The average molecular weight is 199 g/mol. The predicted molar refractivity (Wildman–Crippen MR) is 63.0 cm³/mol. The standard InChI is InChI=1S/C13H13NO/c1-2-3-9-14-10-8-13(15)11-6-4-5-7-12(11)14/h2-8,10H,9H2,1H3. The molecule has 0 saturated heterocycles. The highest BCUT2D eigenvalue weighted by molar-refractivity contribution is 5.78. The average Bonchev–Trinajstić information content (AvgIpc) is 2.29. The van der Waals surface area contributed by atoms with E-state index in [9.17, 15) is 4.79 Å². The minimum atomic E-state index is 0.0855. The van der Waals surface area contributed by atoms with Crippen LogP contribution in [0.2, 0.25) is 0 Å². The van der Waals surface area contributed by atoms with Gasteiger partial charge in [-0.2, -0.15) is 0 Å². The highest BCUT2D eigenvalue weighted by Crippen LogP contribution is 2.09. The molecule has 2 rings (SSSR count). The Bertz CT molecular complexity index is 552. The van der Waals surface area contributed by atoms with Crippen LogP contribution in [-0.4, -0.2) is 4.57 Å². The predicted octanol–water partition coefficient (Wildman–Crippen LogP) is 2.58. The lowest BCUT2D eigenvalue weighted by Crippen LogP contribution is -2.06. The highest BCUT2D eigenvalue weighted by atomic mass is 16.1. The number of rotatable bonds is 2. The number of nitrogens with zero attached hydrogens (tertiary/aromatic N) is 1. The summed E-state index contributed by atoms with van der Waals surface area (Å²) in [6.45, 7) is 2.79. The monoisotopic (exact) mass is 199 g/mol. The fourth-order valence-electron chi connectivity index (χ4n) is 1.64. The van der Waals surface area contributed by atoms with Crippen molar-refractivity contribution in [2.45, 2.75) is 13.5 Å². The molecule has 1 aromatic heterocycles. The maximum atomic E-state index is 11.6. The van der Waals surface area contributed by atoms with E-state index in [1.165, 1.54) is 0 Å². The van der Waals surface area contributed by atoms with Crippen molar-refractivity contribution in [2.24, 2.45) is 0 Å². The first kappa shape index (κ1) is 9.71. The van der Waals surface area contributed by atoms with Gasteiger partial charge in [0.25, 0.3) is 0 Å². The first-order valence-electron chi connectivity index (χ1n) is 5.02. The quantitative estimate of drug-likeness (QED) is 0.681. The van der Waals surface area contributed by atoms with E-state index in [2.05, 4.69) is 10.6 Å². The number of fused-ring (bicyclic) bond motifs is 1. The van der Waals surface area contributed by atoms with Crippen molar-refractivity contribution in [3.05, 3.63) is 58.9 Å². The molecule has 0 fully saturated rings. The zero-order valence-corrected chi connectivity index (χ0v) is 8.68. The van der Waals surface area contributed by atoms with E-state index in [1.807, 2.05) is 43.5 Å². The second-order valence-electron chi connectivity index (χ2n) is 3.42. The number of allylic oxidation sites excluding steroid dienone is 2. The zero-order valence-electron chi connectivity index (χ0n) is 8.68. The number of hydrogen-bond donors (Lipinski definition) is 0. The van der Waals surface area contributed by atoms with E-state index in [0.717, 1.165) is 17.4 Å².